The highest BCUT2D eigenvalue weighted by molar-refractivity contribution is 6.32. The van der Waals surface area contributed by atoms with Crippen LogP contribution in [0.3, 0.4) is 0 Å². The van der Waals surface area contributed by atoms with E-state index >= 15 is 0 Å². The van der Waals surface area contributed by atoms with Crippen LogP contribution in [0.4, 0.5) is 5.69 Å². The maximum absolute atomic E-state index is 13.1. The van der Waals surface area contributed by atoms with Gasteiger partial charge in [-0.05, 0) is 49.8 Å². The average molecular weight is 400 g/mol. The minimum absolute atomic E-state index is 0.119. The number of carbonyl (C=O) groups excluding carboxylic acids is 1. The molecule has 0 radical (unpaired) electrons. The lowest BCUT2D eigenvalue weighted by molar-refractivity contribution is -0.142. The molecule has 0 bridgehead atoms. The number of benzene rings is 1. The first-order valence-corrected chi connectivity index (χ1v) is 9.83. The number of carbonyl (C=O) groups is 1. The number of ether oxygens (including phenoxy) is 3. The van der Waals surface area contributed by atoms with Crippen molar-refractivity contribution in [3.05, 3.63) is 23.2 Å². The number of amides is 1. The Labute approximate surface area is 168 Å². The monoisotopic (exact) mass is 399 g/mol. The van der Waals surface area contributed by atoms with Crippen LogP contribution in [0, 0.1) is 11.8 Å². The van der Waals surface area contributed by atoms with Gasteiger partial charge in [-0.25, -0.2) is 0 Å². The summed E-state index contributed by atoms with van der Waals surface area (Å²) in [6.45, 7) is 10.7. The fourth-order valence-electron chi connectivity index (χ4n) is 3.25. The second-order valence-corrected chi connectivity index (χ2v) is 8.28. The maximum atomic E-state index is 13.1. The van der Waals surface area contributed by atoms with Gasteiger partial charge < -0.3 is 19.5 Å². The number of hydrogen-bond acceptors (Lipinski definition) is 4. The highest BCUT2D eigenvalue weighted by atomic mass is 35.5. The fourth-order valence-corrected chi connectivity index (χ4v) is 3.48. The van der Waals surface area contributed by atoms with Crippen molar-refractivity contribution >= 4 is 23.2 Å². The van der Waals surface area contributed by atoms with E-state index in [1.54, 1.807) is 32.4 Å². The summed E-state index contributed by atoms with van der Waals surface area (Å²) < 4.78 is 16.6. The van der Waals surface area contributed by atoms with Gasteiger partial charge in [-0.15, -0.1) is 0 Å². The molecule has 0 spiro atoms. The molecule has 154 valence electrons. The molecule has 1 unspecified atom stereocenters. The number of anilines is 1. The molecule has 0 aliphatic carbocycles. The van der Waals surface area contributed by atoms with Crippen LogP contribution < -0.4 is 10.1 Å². The third-order valence-electron chi connectivity index (χ3n) is 4.20. The molecule has 6 heteroatoms. The molecule has 1 aromatic rings. The first-order valence-electron chi connectivity index (χ1n) is 9.45. The average Bonchev–Trinajstić information content (AvgIpc) is 2.55. The number of nitrogens with one attached hydrogen (secondary N) is 1. The number of methoxy groups -OCH3 is 2. The standard InChI is InChI=1S/C21H34ClNO4/c1-14(2)11-21(26-7,12-15(3)4)20(24)23-17-8-9-19(18(22)10-17)27-16(5)13-25-6/h8-10,14-16H,11-13H2,1-7H3,(H,23,24). The number of rotatable bonds is 11. The molecular formula is C21H34ClNO4. The van der Waals surface area contributed by atoms with Crippen LogP contribution in [0.5, 0.6) is 5.75 Å². The molecule has 1 atom stereocenters. The van der Waals surface area contributed by atoms with E-state index in [0.717, 1.165) is 0 Å². The maximum Gasteiger partial charge on any atom is 0.256 e. The van der Waals surface area contributed by atoms with Crippen molar-refractivity contribution in [2.75, 3.05) is 26.1 Å². The molecule has 5 nitrogen and oxygen atoms in total. The van der Waals surface area contributed by atoms with E-state index in [9.17, 15) is 4.79 Å². The van der Waals surface area contributed by atoms with Gasteiger partial charge in [0.2, 0.25) is 0 Å². The third-order valence-corrected chi connectivity index (χ3v) is 4.50. The largest absolute Gasteiger partial charge is 0.487 e. The van der Waals surface area contributed by atoms with Gasteiger partial charge in [0, 0.05) is 19.9 Å². The second-order valence-electron chi connectivity index (χ2n) is 7.88. The smallest absolute Gasteiger partial charge is 0.256 e. The van der Waals surface area contributed by atoms with Gasteiger partial charge in [0.15, 0.2) is 0 Å². The minimum atomic E-state index is -0.864. The minimum Gasteiger partial charge on any atom is -0.487 e. The topological polar surface area (TPSA) is 56.8 Å². The molecule has 0 aromatic heterocycles. The van der Waals surface area contributed by atoms with Crippen LogP contribution in [0.1, 0.15) is 47.5 Å². The summed E-state index contributed by atoms with van der Waals surface area (Å²) in [5.74, 6) is 1.07. The molecule has 1 rings (SSSR count). The van der Waals surface area contributed by atoms with Gasteiger partial charge in [0.1, 0.15) is 17.5 Å². The molecule has 0 aliphatic heterocycles. The molecule has 0 aliphatic rings. The SMILES string of the molecule is COCC(C)Oc1ccc(NC(=O)C(CC(C)C)(CC(C)C)OC)cc1Cl. The van der Waals surface area contributed by atoms with Crippen LogP contribution in [-0.4, -0.2) is 38.4 Å². The zero-order valence-electron chi connectivity index (χ0n) is 17.6. The van der Waals surface area contributed by atoms with Gasteiger partial charge in [-0.3, -0.25) is 4.79 Å². The van der Waals surface area contributed by atoms with E-state index in [-0.39, 0.29) is 12.0 Å². The molecule has 27 heavy (non-hydrogen) atoms. The van der Waals surface area contributed by atoms with E-state index in [4.69, 9.17) is 25.8 Å². The Bertz CT molecular complexity index is 594. The van der Waals surface area contributed by atoms with Crippen molar-refractivity contribution in [2.24, 2.45) is 11.8 Å². The first-order chi connectivity index (χ1) is 12.6. The summed E-state index contributed by atoms with van der Waals surface area (Å²) in [6, 6.07) is 5.23. The molecule has 1 aromatic carbocycles. The molecule has 0 heterocycles. The van der Waals surface area contributed by atoms with Crippen molar-refractivity contribution < 1.29 is 19.0 Å². The van der Waals surface area contributed by atoms with E-state index < -0.39 is 5.60 Å². The van der Waals surface area contributed by atoms with E-state index in [0.29, 0.717) is 47.7 Å². The van der Waals surface area contributed by atoms with Crippen LogP contribution in [-0.2, 0) is 14.3 Å². The molecule has 1 amide bonds. The lowest BCUT2D eigenvalue weighted by Gasteiger charge is -2.34. The summed E-state index contributed by atoms with van der Waals surface area (Å²) in [5.41, 5.74) is -0.248. The first kappa shape index (κ1) is 23.7. The zero-order valence-corrected chi connectivity index (χ0v) is 18.4. The molecular weight excluding hydrogens is 366 g/mol. The number of hydrogen-bond donors (Lipinski definition) is 1. The summed E-state index contributed by atoms with van der Waals surface area (Å²) in [4.78, 5) is 13.1. The van der Waals surface area contributed by atoms with Gasteiger partial charge in [-0.2, -0.15) is 0 Å². The lowest BCUT2D eigenvalue weighted by atomic mass is 9.84. The Hall–Kier alpha value is -1.30. The summed E-state index contributed by atoms with van der Waals surface area (Å²) in [7, 11) is 3.22. The van der Waals surface area contributed by atoms with E-state index in [1.165, 1.54) is 0 Å². The van der Waals surface area contributed by atoms with Gasteiger partial charge in [-0.1, -0.05) is 39.3 Å². The Morgan fingerprint density at radius 1 is 1.11 bits per heavy atom. The van der Waals surface area contributed by atoms with Crippen molar-refractivity contribution in [1.82, 2.24) is 0 Å². The lowest BCUT2D eigenvalue weighted by Crippen LogP contribution is -2.46. The van der Waals surface area contributed by atoms with Gasteiger partial charge in [0.05, 0.1) is 11.6 Å². The Morgan fingerprint density at radius 3 is 2.15 bits per heavy atom. The Balaban J connectivity index is 2.96. The predicted octanol–water partition coefficient (Wildman–Crippen LogP) is 5.17. The van der Waals surface area contributed by atoms with E-state index in [1.807, 2.05) is 6.92 Å². The zero-order chi connectivity index (χ0) is 20.6. The second kappa shape index (κ2) is 10.9. The summed E-state index contributed by atoms with van der Waals surface area (Å²) >= 11 is 6.33. The van der Waals surface area contributed by atoms with E-state index in [2.05, 4.69) is 33.0 Å². The summed E-state index contributed by atoms with van der Waals surface area (Å²) in [5, 5.41) is 3.40. The van der Waals surface area contributed by atoms with Crippen molar-refractivity contribution in [2.45, 2.75) is 59.2 Å². The quantitative estimate of drug-likeness (QED) is 0.557. The summed E-state index contributed by atoms with van der Waals surface area (Å²) in [6.07, 6.45) is 1.18. The van der Waals surface area contributed by atoms with Crippen molar-refractivity contribution in [1.29, 1.82) is 0 Å². The van der Waals surface area contributed by atoms with Crippen LogP contribution >= 0.6 is 11.6 Å². The molecule has 0 fully saturated rings. The highest BCUT2D eigenvalue weighted by Gasteiger charge is 2.39. The molecule has 1 N–H and O–H groups in total. The van der Waals surface area contributed by atoms with Gasteiger partial charge in [0.25, 0.3) is 5.91 Å². The van der Waals surface area contributed by atoms with Crippen LogP contribution in [0.2, 0.25) is 5.02 Å². The predicted molar refractivity (Wildman–Crippen MR) is 111 cm³/mol. The molecule has 0 saturated carbocycles. The van der Waals surface area contributed by atoms with Crippen molar-refractivity contribution in [3.8, 4) is 5.75 Å². The highest BCUT2D eigenvalue weighted by Crippen LogP contribution is 2.32. The van der Waals surface area contributed by atoms with Gasteiger partial charge >= 0.3 is 0 Å². The van der Waals surface area contributed by atoms with Crippen LogP contribution in [0.15, 0.2) is 18.2 Å². The number of halogens is 1. The fraction of sp³-hybridized carbons (Fsp3) is 0.667. The van der Waals surface area contributed by atoms with Crippen LogP contribution in [0.25, 0.3) is 0 Å². The Morgan fingerprint density at radius 2 is 1.70 bits per heavy atom. The van der Waals surface area contributed by atoms with Crippen molar-refractivity contribution in [3.63, 3.8) is 0 Å². The third kappa shape index (κ3) is 7.32. The Kier molecular flexibility index (Phi) is 9.57. The normalized spacial score (nSPS) is 13.1. The molecule has 0 saturated heterocycles.